The largest absolute Gasteiger partial charge is 0.496 e. The average molecular weight is 319 g/mol. The first-order valence-corrected chi connectivity index (χ1v) is 6.62. The van der Waals surface area contributed by atoms with E-state index in [1.807, 2.05) is 32.0 Å². The molecule has 1 aromatic rings. The lowest BCUT2D eigenvalue weighted by Crippen LogP contribution is -2.28. The van der Waals surface area contributed by atoms with Crippen molar-refractivity contribution in [3.8, 4) is 5.75 Å². The van der Waals surface area contributed by atoms with Crippen LogP contribution in [-0.2, 0) is 9.53 Å². The number of carbonyl (C=O) groups excluding carboxylic acids is 1. The second kappa shape index (κ2) is 5.78. The highest BCUT2D eigenvalue weighted by molar-refractivity contribution is 9.10. The van der Waals surface area contributed by atoms with E-state index in [0.29, 0.717) is 0 Å². The molecule has 0 saturated heterocycles. The van der Waals surface area contributed by atoms with Gasteiger partial charge in [-0.25, -0.2) is 0 Å². The molecule has 0 amide bonds. The lowest BCUT2D eigenvalue weighted by Gasteiger charge is -2.22. The van der Waals surface area contributed by atoms with Crippen LogP contribution in [0.15, 0.2) is 27.6 Å². The second-order valence-electron chi connectivity index (χ2n) is 3.90. The second-order valence-corrected chi connectivity index (χ2v) is 6.48. The van der Waals surface area contributed by atoms with Gasteiger partial charge in [0, 0.05) is 4.47 Å². The van der Waals surface area contributed by atoms with Crippen molar-refractivity contribution in [2.24, 2.45) is 0 Å². The SMILES string of the molecule is COC(=O)C(C)(C)Sc1cc(Br)ccc1OC. The Morgan fingerprint density at radius 1 is 1.35 bits per heavy atom. The maximum atomic E-state index is 11.6. The van der Waals surface area contributed by atoms with Crippen molar-refractivity contribution in [1.82, 2.24) is 0 Å². The van der Waals surface area contributed by atoms with E-state index in [2.05, 4.69) is 15.9 Å². The molecule has 0 N–H and O–H groups in total. The van der Waals surface area contributed by atoms with Crippen LogP contribution in [0.1, 0.15) is 13.8 Å². The molecule has 0 fully saturated rings. The molecule has 0 bridgehead atoms. The minimum Gasteiger partial charge on any atom is -0.496 e. The Balaban J connectivity index is 3.01. The number of methoxy groups -OCH3 is 2. The topological polar surface area (TPSA) is 35.5 Å². The maximum Gasteiger partial charge on any atom is 0.321 e. The fourth-order valence-corrected chi connectivity index (χ4v) is 2.96. The van der Waals surface area contributed by atoms with E-state index in [4.69, 9.17) is 9.47 Å². The number of benzene rings is 1. The number of rotatable bonds is 4. The van der Waals surface area contributed by atoms with Crippen LogP contribution in [0.3, 0.4) is 0 Å². The molecule has 94 valence electrons. The summed E-state index contributed by atoms with van der Waals surface area (Å²) in [7, 11) is 3.00. The van der Waals surface area contributed by atoms with Gasteiger partial charge in [0.1, 0.15) is 10.5 Å². The molecule has 1 aromatic carbocycles. The zero-order valence-corrected chi connectivity index (χ0v) is 12.6. The molecule has 0 atom stereocenters. The van der Waals surface area contributed by atoms with Crippen LogP contribution in [0.5, 0.6) is 5.75 Å². The molecular formula is C12H15BrO3S. The Morgan fingerprint density at radius 2 is 2.00 bits per heavy atom. The van der Waals surface area contributed by atoms with Crippen molar-refractivity contribution in [3.63, 3.8) is 0 Å². The third-order valence-electron chi connectivity index (χ3n) is 2.17. The van der Waals surface area contributed by atoms with Crippen molar-refractivity contribution in [2.45, 2.75) is 23.5 Å². The summed E-state index contributed by atoms with van der Waals surface area (Å²) in [6, 6.07) is 5.68. The highest BCUT2D eigenvalue weighted by Crippen LogP contribution is 2.40. The van der Waals surface area contributed by atoms with Gasteiger partial charge in [-0.05, 0) is 32.0 Å². The molecule has 5 heteroatoms. The fraction of sp³-hybridized carbons (Fsp3) is 0.417. The summed E-state index contributed by atoms with van der Waals surface area (Å²) in [5, 5.41) is 0. The van der Waals surface area contributed by atoms with Gasteiger partial charge in [0.25, 0.3) is 0 Å². The maximum absolute atomic E-state index is 11.6. The summed E-state index contributed by atoms with van der Waals surface area (Å²) in [5.74, 6) is 0.486. The first-order chi connectivity index (χ1) is 7.90. The van der Waals surface area contributed by atoms with Crippen molar-refractivity contribution in [1.29, 1.82) is 0 Å². The summed E-state index contributed by atoms with van der Waals surface area (Å²) < 4.78 is 10.3. The summed E-state index contributed by atoms with van der Waals surface area (Å²) in [4.78, 5) is 12.5. The Labute approximate surface area is 114 Å². The third kappa shape index (κ3) is 3.64. The Kier molecular flexibility index (Phi) is 4.89. The number of esters is 1. The van der Waals surface area contributed by atoms with Gasteiger partial charge in [0.05, 0.1) is 19.1 Å². The van der Waals surface area contributed by atoms with Crippen molar-refractivity contribution in [3.05, 3.63) is 22.7 Å². The molecule has 17 heavy (non-hydrogen) atoms. The van der Waals surface area contributed by atoms with E-state index in [1.54, 1.807) is 7.11 Å². The number of carbonyl (C=O) groups is 1. The Hall–Kier alpha value is -0.680. The summed E-state index contributed by atoms with van der Waals surface area (Å²) in [6.07, 6.45) is 0. The molecule has 0 aliphatic heterocycles. The number of hydrogen-bond donors (Lipinski definition) is 0. The molecule has 0 radical (unpaired) electrons. The Bertz CT molecular complexity index is 418. The van der Waals surface area contributed by atoms with Crippen molar-refractivity contribution >= 4 is 33.7 Å². The standard InChI is InChI=1S/C12H15BrO3S/c1-12(2,11(14)16-4)17-10-7-8(13)5-6-9(10)15-3/h5-7H,1-4H3. The van der Waals surface area contributed by atoms with Gasteiger partial charge < -0.3 is 9.47 Å². The predicted molar refractivity (Wildman–Crippen MR) is 72.6 cm³/mol. The molecule has 0 heterocycles. The van der Waals surface area contributed by atoms with E-state index < -0.39 is 4.75 Å². The summed E-state index contributed by atoms with van der Waals surface area (Å²) >= 11 is 4.82. The molecule has 0 saturated carbocycles. The number of thioether (sulfide) groups is 1. The van der Waals surface area contributed by atoms with Gasteiger partial charge in [-0.3, -0.25) is 4.79 Å². The molecule has 1 rings (SSSR count). The zero-order valence-electron chi connectivity index (χ0n) is 10.2. The van der Waals surface area contributed by atoms with Crippen LogP contribution in [0.25, 0.3) is 0 Å². The predicted octanol–water partition coefficient (Wildman–Crippen LogP) is 3.50. The molecule has 0 unspecified atom stereocenters. The minimum absolute atomic E-state index is 0.260. The fourth-order valence-electron chi connectivity index (χ4n) is 1.29. The average Bonchev–Trinajstić information content (AvgIpc) is 2.27. The molecular weight excluding hydrogens is 304 g/mol. The van der Waals surface area contributed by atoms with Crippen LogP contribution in [-0.4, -0.2) is 24.9 Å². The van der Waals surface area contributed by atoms with Crippen LogP contribution < -0.4 is 4.74 Å². The monoisotopic (exact) mass is 318 g/mol. The van der Waals surface area contributed by atoms with Crippen LogP contribution in [0.2, 0.25) is 0 Å². The normalized spacial score (nSPS) is 11.1. The van der Waals surface area contributed by atoms with Gasteiger partial charge in [-0.2, -0.15) is 0 Å². The lowest BCUT2D eigenvalue weighted by atomic mass is 10.2. The van der Waals surface area contributed by atoms with Gasteiger partial charge in [0.15, 0.2) is 0 Å². The molecule has 3 nitrogen and oxygen atoms in total. The highest BCUT2D eigenvalue weighted by atomic mass is 79.9. The number of hydrogen-bond acceptors (Lipinski definition) is 4. The van der Waals surface area contributed by atoms with E-state index in [-0.39, 0.29) is 5.97 Å². The number of ether oxygens (including phenoxy) is 2. The van der Waals surface area contributed by atoms with Crippen LogP contribution >= 0.6 is 27.7 Å². The van der Waals surface area contributed by atoms with Crippen LogP contribution in [0.4, 0.5) is 0 Å². The third-order valence-corrected chi connectivity index (χ3v) is 3.88. The molecule has 0 aliphatic rings. The van der Waals surface area contributed by atoms with Gasteiger partial charge >= 0.3 is 5.97 Å². The van der Waals surface area contributed by atoms with E-state index in [9.17, 15) is 4.79 Å². The van der Waals surface area contributed by atoms with E-state index in [0.717, 1.165) is 15.1 Å². The summed E-state index contributed by atoms with van der Waals surface area (Å²) in [6.45, 7) is 3.65. The van der Waals surface area contributed by atoms with Crippen LogP contribution in [0, 0.1) is 0 Å². The summed E-state index contributed by atoms with van der Waals surface area (Å²) in [5.41, 5.74) is 0. The van der Waals surface area contributed by atoms with Gasteiger partial charge in [-0.15, -0.1) is 11.8 Å². The van der Waals surface area contributed by atoms with Gasteiger partial charge in [0.2, 0.25) is 0 Å². The lowest BCUT2D eigenvalue weighted by molar-refractivity contribution is -0.142. The first-order valence-electron chi connectivity index (χ1n) is 5.01. The first kappa shape index (κ1) is 14.4. The Morgan fingerprint density at radius 3 is 2.53 bits per heavy atom. The highest BCUT2D eigenvalue weighted by Gasteiger charge is 2.31. The molecule has 0 aromatic heterocycles. The zero-order chi connectivity index (χ0) is 13.1. The smallest absolute Gasteiger partial charge is 0.321 e. The van der Waals surface area contributed by atoms with E-state index >= 15 is 0 Å². The minimum atomic E-state index is -0.650. The van der Waals surface area contributed by atoms with E-state index in [1.165, 1.54) is 18.9 Å². The van der Waals surface area contributed by atoms with Crippen molar-refractivity contribution < 1.29 is 14.3 Å². The quantitative estimate of drug-likeness (QED) is 0.628. The van der Waals surface area contributed by atoms with Crippen molar-refractivity contribution in [2.75, 3.05) is 14.2 Å². The molecule has 0 spiro atoms. The molecule has 0 aliphatic carbocycles. The van der Waals surface area contributed by atoms with Gasteiger partial charge in [-0.1, -0.05) is 15.9 Å². The number of halogens is 1.